The highest BCUT2D eigenvalue weighted by Gasteiger charge is 2.68. The number of hydrogen-bond acceptors (Lipinski definition) is 4. The number of hydrogen-bond donors (Lipinski definition) is 0. The number of anilines is 1. The van der Waals surface area contributed by atoms with Gasteiger partial charge in [-0.2, -0.15) is 22.0 Å². The van der Waals surface area contributed by atoms with Gasteiger partial charge < -0.3 is 0 Å². The molecule has 29 heavy (non-hydrogen) atoms. The molecule has 0 saturated heterocycles. The van der Waals surface area contributed by atoms with Crippen LogP contribution in [-0.4, -0.2) is 40.6 Å². The molecule has 0 radical (unpaired) electrons. The van der Waals surface area contributed by atoms with Crippen molar-refractivity contribution in [2.75, 3.05) is 10.7 Å². The molecule has 4 nitrogen and oxygen atoms in total. The van der Waals surface area contributed by atoms with Crippen LogP contribution in [0.3, 0.4) is 0 Å². The Bertz CT molecular complexity index is 854. The van der Waals surface area contributed by atoms with E-state index >= 15 is 0 Å². The molecule has 1 aromatic rings. The standard InChI is InChI=1S/C17H16F7N3OS/c1-9(2)7-29-14-15(3,13(25-26-14)16(20,21)17(22,23)24)27(8-28)12-5-4-10(18)6-11(12)19/h4-6,8-9H,7H2,1-3H3. The Balaban J connectivity index is 2.65. The van der Waals surface area contributed by atoms with Crippen LogP contribution in [0.4, 0.5) is 36.4 Å². The molecule has 1 amide bonds. The fourth-order valence-corrected chi connectivity index (χ4v) is 3.67. The lowest BCUT2D eigenvalue weighted by Crippen LogP contribution is -2.63. The van der Waals surface area contributed by atoms with Gasteiger partial charge in [0.1, 0.15) is 22.2 Å². The molecule has 0 saturated carbocycles. The van der Waals surface area contributed by atoms with Crippen LogP contribution in [0.15, 0.2) is 28.4 Å². The number of carbonyl (C=O) groups excluding carboxylic acids is 1. The van der Waals surface area contributed by atoms with E-state index in [1.165, 1.54) is 0 Å². The smallest absolute Gasteiger partial charge is 0.294 e. The van der Waals surface area contributed by atoms with E-state index in [2.05, 4.69) is 10.2 Å². The molecule has 1 aliphatic rings. The zero-order valence-electron chi connectivity index (χ0n) is 15.4. The van der Waals surface area contributed by atoms with E-state index in [1.54, 1.807) is 13.8 Å². The van der Waals surface area contributed by atoms with E-state index < -0.39 is 40.7 Å². The van der Waals surface area contributed by atoms with Gasteiger partial charge >= 0.3 is 12.1 Å². The van der Waals surface area contributed by atoms with Gasteiger partial charge in [-0.05, 0) is 25.0 Å². The van der Waals surface area contributed by atoms with Crippen LogP contribution in [0.1, 0.15) is 20.8 Å². The maximum Gasteiger partial charge on any atom is 0.459 e. The van der Waals surface area contributed by atoms with E-state index in [0.717, 1.165) is 30.8 Å². The number of carbonyl (C=O) groups is 1. The summed E-state index contributed by atoms with van der Waals surface area (Å²) in [6.07, 6.45) is -6.15. The van der Waals surface area contributed by atoms with Gasteiger partial charge in [0.25, 0.3) is 0 Å². The molecule has 0 aliphatic carbocycles. The molecule has 1 aromatic carbocycles. The Morgan fingerprint density at radius 1 is 1.17 bits per heavy atom. The average Bonchev–Trinajstić information content (AvgIpc) is 2.92. The summed E-state index contributed by atoms with van der Waals surface area (Å²) in [6.45, 7) is 4.40. The number of nitrogens with zero attached hydrogens (tertiary/aromatic N) is 3. The van der Waals surface area contributed by atoms with Crippen molar-refractivity contribution in [2.45, 2.75) is 38.4 Å². The van der Waals surface area contributed by atoms with Crippen LogP contribution in [0.25, 0.3) is 0 Å². The first-order valence-electron chi connectivity index (χ1n) is 8.20. The first-order valence-corrected chi connectivity index (χ1v) is 9.19. The Morgan fingerprint density at radius 3 is 2.28 bits per heavy atom. The van der Waals surface area contributed by atoms with E-state index in [-0.39, 0.29) is 23.1 Å². The second kappa shape index (κ2) is 7.96. The van der Waals surface area contributed by atoms with Crippen molar-refractivity contribution >= 4 is 34.6 Å². The summed E-state index contributed by atoms with van der Waals surface area (Å²) in [4.78, 5) is 12.1. The Morgan fingerprint density at radius 2 is 1.79 bits per heavy atom. The highest BCUT2D eigenvalue weighted by Crippen LogP contribution is 2.45. The Labute approximate surface area is 165 Å². The lowest BCUT2D eigenvalue weighted by atomic mass is 9.89. The quantitative estimate of drug-likeness (QED) is 0.457. The number of rotatable bonds is 6. The van der Waals surface area contributed by atoms with Crippen molar-refractivity contribution in [2.24, 2.45) is 16.1 Å². The molecule has 1 heterocycles. The molecule has 0 aromatic heterocycles. The van der Waals surface area contributed by atoms with Crippen molar-refractivity contribution in [3.05, 3.63) is 29.8 Å². The third kappa shape index (κ3) is 4.12. The van der Waals surface area contributed by atoms with Crippen molar-refractivity contribution in [3.8, 4) is 0 Å². The largest absolute Gasteiger partial charge is 0.459 e. The molecular formula is C17H16F7N3OS. The zero-order valence-corrected chi connectivity index (χ0v) is 16.2. The van der Waals surface area contributed by atoms with Crippen molar-refractivity contribution in [1.29, 1.82) is 0 Å². The molecule has 0 N–H and O–H groups in total. The third-order valence-corrected chi connectivity index (χ3v) is 5.67. The van der Waals surface area contributed by atoms with Gasteiger partial charge in [0.2, 0.25) is 6.41 Å². The van der Waals surface area contributed by atoms with E-state index in [1.807, 2.05) is 0 Å². The molecule has 1 aliphatic heterocycles. The van der Waals surface area contributed by atoms with Crippen molar-refractivity contribution in [3.63, 3.8) is 0 Å². The van der Waals surface area contributed by atoms with Crippen LogP contribution >= 0.6 is 11.8 Å². The monoisotopic (exact) mass is 443 g/mol. The minimum absolute atomic E-state index is 0.00800. The van der Waals surface area contributed by atoms with Crippen LogP contribution in [0.5, 0.6) is 0 Å². The molecule has 0 spiro atoms. The summed E-state index contributed by atoms with van der Waals surface area (Å²) in [5.74, 6) is -7.55. The lowest BCUT2D eigenvalue weighted by Gasteiger charge is -2.39. The molecule has 0 fully saturated rings. The maximum absolute atomic E-state index is 14.3. The summed E-state index contributed by atoms with van der Waals surface area (Å²) >= 11 is 0.815. The van der Waals surface area contributed by atoms with Gasteiger partial charge in [-0.25, -0.2) is 8.78 Å². The second-order valence-electron chi connectivity index (χ2n) is 6.77. The normalized spacial score (nSPS) is 20.0. The summed E-state index contributed by atoms with van der Waals surface area (Å²) in [5.41, 5.74) is -5.02. The van der Waals surface area contributed by atoms with E-state index in [9.17, 15) is 35.5 Å². The van der Waals surface area contributed by atoms with Gasteiger partial charge in [0.15, 0.2) is 5.71 Å². The summed E-state index contributed by atoms with van der Waals surface area (Å²) < 4.78 is 95.2. The van der Waals surface area contributed by atoms with E-state index in [4.69, 9.17) is 0 Å². The zero-order chi connectivity index (χ0) is 22.2. The van der Waals surface area contributed by atoms with Crippen LogP contribution < -0.4 is 4.90 Å². The first kappa shape index (κ1) is 23.2. The molecule has 12 heteroatoms. The number of benzene rings is 1. The summed E-state index contributed by atoms with van der Waals surface area (Å²) in [7, 11) is 0. The maximum atomic E-state index is 14.3. The Kier molecular flexibility index (Phi) is 6.36. The molecule has 2 rings (SSSR count). The highest BCUT2D eigenvalue weighted by molar-refractivity contribution is 8.14. The predicted molar refractivity (Wildman–Crippen MR) is 96.5 cm³/mol. The molecular weight excluding hydrogens is 427 g/mol. The van der Waals surface area contributed by atoms with Crippen molar-refractivity contribution in [1.82, 2.24) is 0 Å². The highest BCUT2D eigenvalue weighted by atomic mass is 32.2. The SMILES string of the molecule is CC(C)CSC1=NN=C(C(F)(F)C(F)(F)F)C1(C)N(C=O)c1ccc(F)cc1F. The fraction of sp³-hybridized carbons (Fsp3) is 0.471. The minimum atomic E-state index is -6.03. The number of thioether (sulfide) groups is 1. The van der Waals surface area contributed by atoms with Crippen LogP contribution in [-0.2, 0) is 4.79 Å². The molecule has 1 atom stereocenters. The lowest BCUT2D eigenvalue weighted by molar-refractivity contribution is -0.250. The van der Waals surface area contributed by atoms with Gasteiger partial charge in [-0.3, -0.25) is 9.69 Å². The number of amides is 1. The van der Waals surface area contributed by atoms with Gasteiger partial charge in [-0.1, -0.05) is 13.8 Å². The van der Waals surface area contributed by atoms with Gasteiger partial charge in [0, 0.05) is 11.8 Å². The topological polar surface area (TPSA) is 45.0 Å². The average molecular weight is 443 g/mol. The van der Waals surface area contributed by atoms with Gasteiger partial charge in [0.05, 0.1) is 5.69 Å². The number of alkyl halides is 5. The molecule has 160 valence electrons. The molecule has 0 bridgehead atoms. The first-order chi connectivity index (χ1) is 13.3. The van der Waals surface area contributed by atoms with Crippen LogP contribution in [0.2, 0.25) is 0 Å². The minimum Gasteiger partial charge on any atom is -0.294 e. The number of halogens is 7. The predicted octanol–water partition coefficient (Wildman–Crippen LogP) is 5.04. The van der Waals surface area contributed by atoms with E-state index in [0.29, 0.717) is 11.0 Å². The van der Waals surface area contributed by atoms with Crippen LogP contribution in [0, 0.1) is 17.6 Å². The summed E-state index contributed by atoms with van der Waals surface area (Å²) in [5, 5.41) is 6.15. The Hall–Kier alpha value is -2.11. The third-order valence-electron chi connectivity index (χ3n) is 4.08. The van der Waals surface area contributed by atoms with Gasteiger partial charge in [-0.15, -0.1) is 22.0 Å². The van der Waals surface area contributed by atoms with Crippen molar-refractivity contribution < 1.29 is 35.5 Å². The fourth-order valence-electron chi connectivity index (χ4n) is 2.61. The summed E-state index contributed by atoms with van der Waals surface area (Å²) in [6, 6.07) is 1.88. The molecule has 1 unspecified atom stereocenters. The second-order valence-corrected chi connectivity index (χ2v) is 7.78.